The summed E-state index contributed by atoms with van der Waals surface area (Å²) in [6.07, 6.45) is 1.56. The Balaban J connectivity index is 2.65. The molecule has 4 heteroatoms. The summed E-state index contributed by atoms with van der Waals surface area (Å²) in [5.41, 5.74) is 3.65. The predicted molar refractivity (Wildman–Crippen MR) is 80.0 cm³/mol. The molecule has 1 N–H and O–H groups in total. The summed E-state index contributed by atoms with van der Waals surface area (Å²) < 4.78 is 11.1. The van der Waals surface area contributed by atoms with Gasteiger partial charge in [-0.2, -0.15) is 0 Å². The van der Waals surface area contributed by atoms with Crippen molar-refractivity contribution in [3.63, 3.8) is 0 Å². The molecule has 1 aromatic carbocycles. The monoisotopic (exact) mass is 273 g/mol. The van der Waals surface area contributed by atoms with Crippen molar-refractivity contribution in [2.45, 2.75) is 20.8 Å². The number of hydrogen-bond donors (Lipinski definition) is 1. The summed E-state index contributed by atoms with van der Waals surface area (Å²) in [7, 11) is 3.22. The molecule has 20 heavy (non-hydrogen) atoms. The SMILES string of the molecule is CNC(=O)/C=C(\C)c1cc2c(C)c(C)oc2cc1OC. The Bertz CT molecular complexity index is 695. The Morgan fingerprint density at radius 1 is 1.35 bits per heavy atom. The maximum absolute atomic E-state index is 11.5. The van der Waals surface area contributed by atoms with Gasteiger partial charge in [-0.25, -0.2) is 0 Å². The highest BCUT2D eigenvalue weighted by molar-refractivity contribution is 5.97. The second-order valence-electron chi connectivity index (χ2n) is 4.77. The molecule has 0 unspecified atom stereocenters. The van der Waals surface area contributed by atoms with Gasteiger partial charge in [-0.05, 0) is 38.0 Å². The maximum atomic E-state index is 11.5. The van der Waals surface area contributed by atoms with Gasteiger partial charge >= 0.3 is 0 Å². The highest BCUT2D eigenvalue weighted by Crippen LogP contribution is 2.34. The molecule has 1 aromatic heterocycles. The van der Waals surface area contributed by atoms with Crippen LogP contribution in [0.15, 0.2) is 22.6 Å². The van der Waals surface area contributed by atoms with E-state index in [2.05, 4.69) is 5.32 Å². The van der Waals surface area contributed by atoms with E-state index in [9.17, 15) is 4.79 Å². The fraction of sp³-hybridized carbons (Fsp3) is 0.312. The molecule has 0 bridgehead atoms. The lowest BCUT2D eigenvalue weighted by Crippen LogP contribution is -2.14. The molecule has 0 fully saturated rings. The molecule has 0 radical (unpaired) electrons. The third-order valence-corrected chi connectivity index (χ3v) is 3.52. The molecular weight excluding hydrogens is 254 g/mol. The van der Waals surface area contributed by atoms with Crippen molar-refractivity contribution < 1.29 is 13.9 Å². The topological polar surface area (TPSA) is 51.5 Å². The van der Waals surface area contributed by atoms with Crippen LogP contribution in [-0.2, 0) is 4.79 Å². The molecule has 1 amide bonds. The smallest absolute Gasteiger partial charge is 0.244 e. The predicted octanol–water partition coefficient (Wildman–Crippen LogP) is 3.21. The van der Waals surface area contributed by atoms with Crippen molar-refractivity contribution >= 4 is 22.4 Å². The fourth-order valence-electron chi connectivity index (χ4n) is 2.19. The highest BCUT2D eigenvalue weighted by Gasteiger charge is 2.13. The van der Waals surface area contributed by atoms with Crippen LogP contribution in [0, 0.1) is 13.8 Å². The molecule has 106 valence electrons. The largest absolute Gasteiger partial charge is 0.496 e. The number of furan rings is 1. The normalized spacial score (nSPS) is 11.8. The second kappa shape index (κ2) is 5.41. The lowest BCUT2D eigenvalue weighted by molar-refractivity contribution is -0.116. The van der Waals surface area contributed by atoms with Gasteiger partial charge in [0.15, 0.2) is 0 Å². The number of carbonyl (C=O) groups is 1. The van der Waals surface area contributed by atoms with Gasteiger partial charge in [0.25, 0.3) is 0 Å². The van der Waals surface area contributed by atoms with Crippen LogP contribution in [0.2, 0.25) is 0 Å². The molecule has 0 spiro atoms. The average Bonchev–Trinajstić information content (AvgIpc) is 2.72. The Labute approximate surface area is 118 Å². The number of fused-ring (bicyclic) bond motifs is 1. The molecule has 0 aliphatic heterocycles. The third kappa shape index (κ3) is 2.41. The van der Waals surface area contributed by atoms with Crippen LogP contribution < -0.4 is 10.1 Å². The summed E-state index contributed by atoms with van der Waals surface area (Å²) in [5, 5.41) is 3.63. The summed E-state index contributed by atoms with van der Waals surface area (Å²) >= 11 is 0. The van der Waals surface area contributed by atoms with E-state index < -0.39 is 0 Å². The molecule has 0 saturated carbocycles. The second-order valence-corrected chi connectivity index (χ2v) is 4.77. The minimum absolute atomic E-state index is 0.134. The highest BCUT2D eigenvalue weighted by atomic mass is 16.5. The number of ether oxygens (including phenoxy) is 1. The Kier molecular flexibility index (Phi) is 3.84. The zero-order valence-corrected chi connectivity index (χ0v) is 12.5. The quantitative estimate of drug-likeness (QED) is 0.874. The first-order valence-corrected chi connectivity index (χ1v) is 6.46. The third-order valence-electron chi connectivity index (χ3n) is 3.52. The molecule has 2 rings (SSSR count). The van der Waals surface area contributed by atoms with Gasteiger partial charge in [0.1, 0.15) is 17.1 Å². The number of allylic oxidation sites excluding steroid dienone is 1. The minimum atomic E-state index is -0.134. The molecule has 1 heterocycles. The minimum Gasteiger partial charge on any atom is -0.496 e. The van der Waals surface area contributed by atoms with Crippen molar-refractivity contribution in [2.75, 3.05) is 14.2 Å². The van der Waals surface area contributed by atoms with Crippen LogP contribution in [0.3, 0.4) is 0 Å². The lowest BCUT2D eigenvalue weighted by atomic mass is 10.0. The van der Waals surface area contributed by atoms with E-state index in [1.807, 2.05) is 32.9 Å². The van der Waals surface area contributed by atoms with Gasteiger partial charge in [-0.15, -0.1) is 0 Å². The first-order valence-electron chi connectivity index (χ1n) is 6.46. The number of hydrogen-bond acceptors (Lipinski definition) is 3. The molecule has 0 aliphatic rings. The number of aryl methyl sites for hydroxylation is 2. The Hall–Kier alpha value is -2.23. The number of carbonyl (C=O) groups excluding carboxylic acids is 1. The van der Waals surface area contributed by atoms with E-state index in [0.29, 0.717) is 5.75 Å². The Morgan fingerprint density at radius 2 is 2.05 bits per heavy atom. The number of methoxy groups -OCH3 is 1. The standard InChI is InChI=1S/C16H19NO3/c1-9(6-16(18)17-4)12-7-13-10(2)11(3)20-15(13)8-14(12)19-5/h6-8H,1-5H3,(H,17,18)/b9-6+. The van der Waals surface area contributed by atoms with Gasteiger partial charge < -0.3 is 14.5 Å². The van der Waals surface area contributed by atoms with Crippen molar-refractivity contribution in [1.29, 1.82) is 0 Å². The van der Waals surface area contributed by atoms with E-state index in [-0.39, 0.29) is 5.91 Å². The van der Waals surface area contributed by atoms with Crippen molar-refractivity contribution in [2.24, 2.45) is 0 Å². The molecule has 0 atom stereocenters. The maximum Gasteiger partial charge on any atom is 0.244 e. The summed E-state index contributed by atoms with van der Waals surface area (Å²) in [6.45, 7) is 5.85. The summed E-state index contributed by atoms with van der Waals surface area (Å²) in [6, 6.07) is 3.88. The van der Waals surface area contributed by atoms with Crippen LogP contribution in [0.1, 0.15) is 23.8 Å². The van der Waals surface area contributed by atoms with E-state index in [1.54, 1.807) is 20.2 Å². The lowest BCUT2D eigenvalue weighted by Gasteiger charge is -2.09. The van der Waals surface area contributed by atoms with Gasteiger partial charge in [0.2, 0.25) is 5.91 Å². The van der Waals surface area contributed by atoms with Crippen LogP contribution in [0.5, 0.6) is 5.75 Å². The summed E-state index contributed by atoms with van der Waals surface area (Å²) in [5.74, 6) is 1.46. The zero-order valence-electron chi connectivity index (χ0n) is 12.5. The number of amides is 1. The van der Waals surface area contributed by atoms with Gasteiger partial charge in [-0.1, -0.05) is 0 Å². The van der Waals surface area contributed by atoms with Crippen molar-refractivity contribution in [3.05, 3.63) is 35.1 Å². The first kappa shape index (κ1) is 14.2. The number of likely N-dealkylation sites (N-methyl/N-ethyl adjacent to an activating group) is 1. The van der Waals surface area contributed by atoms with Gasteiger partial charge in [-0.3, -0.25) is 4.79 Å². The average molecular weight is 273 g/mol. The molecular formula is C16H19NO3. The van der Waals surface area contributed by atoms with E-state index >= 15 is 0 Å². The van der Waals surface area contributed by atoms with E-state index in [1.165, 1.54) is 0 Å². The van der Waals surface area contributed by atoms with E-state index in [0.717, 1.165) is 33.4 Å². The van der Waals surface area contributed by atoms with Crippen LogP contribution in [-0.4, -0.2) is 20.1 Å². The van der Waals surface area contributed by atoms with Crippen molar-refractivity contribution in [3.8, 4) is 5.75 Å². The summed E-state index contributed by atoms with van der Waals surface area (Å²) in [4.78, 5) is 11.5. The van der Waals surface area contributed by atoms with Gasteiger partial charge in [0.05, 0.1) is 7.11 Å². The number of benzene rings is 1. The fourth-order valence-corrected chi connectivity index (χ4v) is 2.19. The van der Waals surface area contributed by atoms with E-state index in [4.69, 9.17) is 9.15 Å². The van der Waals surface area contributed by atoms with Gasteiger partial charge in [0, 0.05) is 30.1 Å². The molecule has 0 aliphatic carbocycles. The zero-order chi connectivity index (χ0) is 14.9. The van der Waals surface area contributed by atoms with Crippen LogP contribution >= 0.6 is 0 Å². The Morgan fingerprint density at radius 3 is 2.65 bits per heavy atom. The first-order chi connectivity index (χ1) is 9.47. The molecule has 0 saturated heterocycles. The number of rotatable bonds is 3. The van der Waals surface area contributed by atoms with Crippen LogP contribution in [0.25, 0.3) is 16.5 Å². The number of nitrogens with one attached hydrogen (secondary N) is 1. The van der Waals surface area contributed by atoms with Crippen LogP contribution in [0.4, 0.5) is 0 Å². The van der Waals surface area contributed by atoms with Crippen molar-refractivity contribution in [1.82, 2.24) is 5.32 Å². The molecule has 2 aromatic rings. The molecule has 4 nitrogen and oxygen atoms in total.